The molecule has 0 bridgehead atoms. The van der Waals surface area contributed by atoms with E-state index in [1.807, 2.05) is 0 Å². The van der Waals surface area contributed by atoms with Crippen molar-refractivity contribution in [1.82, 2.24) is 0 Å². The van der Waals surface area contributed by atoms with Gasteiger partial charge in [0.15, 0.2) is 0 Å². The van der Waals surface area contributed by atoms with E-state index in [4.69, 9.17) is 0 Å². The topological polar surface area (TPSA) is 21.6 Å². The van der Waals surface area contributed by atoms with Crippen LogP contribution < -0.4 is 0 Å². The van der Waals surface area contributed by atoms with Gasteiger partial charge in [0.1, 0.15) is 5.82 Å². The average molecular weight is 163 g/mol. The van der Waals surface area contributed by atoms with Crippen LogP contribution in [0.1, 0.15) is 12.0 Å². The van der Waals surface area contributed by atoms with Crippen molar-refractivity contribution < 1.29 is 9.23 Å². The van der Waals surface area contributed by atoms with Gasteiger partial charge in [0.05, 0.1) is 5.71 Å². The molecule has 1 aliphatic rings. The molecule has 0 atom stereocenters. The summed E-state index contributed by atoms with van der Waals surface area (Å²) in [6, 6.07) is 6.14. The van der Waals surface area contributed by atoms with Crippen LogP contribution in [0.15, 0.2) is 29.4 Å². The lowest BCUT2D eigenvalue weighted by atomic mass is 10.1. The molecule has 0 N–H and O–H groups in total. The molecule has 3 heteroatoms. The standard InChI is InChI=1S/C9H6FNO/c10-8-3-1-7(2-4-8)9-5-6-12-11-9/h1-4H,5H2. The molecule has 0 unspecified atom stereocenters. The Labute approximate surface area is 69.6 Å². The van der Waals surface area contributed by atoms with Crippen LogP contribution in [0.2, 0.25) is 0 Å². The lowest BCUT2D eigenvalue weighted by molar-refractivity contribution is 0.234. The maximum Gasteiger partial charge on any atom is 0.236 e. The van der Waals surface area contributed by atoms with Gasteiger partial charge in [-0.2, -0.15) is 0 Å². The number of oxime groups is 1. The Morgan fingerprint density at radius 1 is 1.33 bits per heavy atom. The third-order valence-corrected chi connectivity index (χ3v) is 1.64. The van der Waals surface area contributed by atoms with Crippen molar-refractivity contribution in [3.8, 4) is 0 Å². The highest BCUT2D eigenvalue weighted by Crippen LogP contribution is 2.13. The number of hydrogen-bond acceptors (Lipinski definition) is 2. The van der Waals surface area contributed by atoms with Crippen molar-refractivity contribution in [2.24, 2.45) is 5.16 Å². The molecule has 0 aliphatic carbocycles. The van der Waals surface area contributed by atoms with E-state index in [1.54, 1.807) is 12.1 Å². The van der Waals surface area contributed by atoms with Gasteiger partial charge in [0, 0.05) is 6.42 Å². The molecule has 0 fully saturated rings. The highest BCUT2D eigenvalue weighted by molar-refractivity contribution is 6.01. The fourth-order valence-corrected chi connectivity index (χ4v) is 1.02. The SMILES string of the molecule is Fc1ccc(C2=NO[C]C2)cc1. The Morgan fingerprint density at radius 2 is 2.08 bits per heavy atom. The summed E-state index contributed by atoms with van der Waals surface area (Å²) in [6.07, 6.45) is 0.561. The first kappa shape index (κ1) is 7.28. The smallest absolute Gasteiger partial charge is 0.236 e. The predicted octanol–water partition coefficient (Wildman–Crippen LogP) is 1.99. The highest BCUT2D eigenvalue weighted by atomic mass is 19.1. The number of benzene rings is 1. The minimum atomic E-state index is -0.244. The van der Waals surface area contributed by atoms with Gasteiger partial charge in [-0.3, -0.25) is 0 Å². The molecule has 2 nitrogen and oxygen atoms in total. The number of nitrogens with zero attached hydrogens (tertiary/aromatic N) is 1. The number of halogens is 1. The summed E-state index contributed by atoms with van der Waals surface area (Å²) in [5.41, 5.74) is 1.66. The molecule has 60 valence electrons. The van der Waals surface area contributed by atoms with E-state index >= 15 is 0 Å². The zero-order chi connectivity index (χ0) is 8.39. The minimum absolute atomic E-state index is 0.244. The third-order valence-electron chi connectivity index (χ3n) is 1.64. The van der Waals surface area contributed by atoms with Crippen molar-refractivity contribution in [1.29, 1.82) is 0 Å². The minimum Gasteiger partial charge on any atom is -0.379 e. The molecule has 0 saturated heterocycles. The predicted molar refractivity (Wildman–Crippen MR) is 41.9 cm³/mol. The van der Waals surface area contributed by atoms with Crippen LogP contribution >= 0.6 is 0 Å². The van der Waals surface area contributed by atoms with Crippen molar-refractivity contribution in [2.75, 3.05) is 0 Å². The summed E-state index contributed by atoms with van der Waals surface area (Å²) < 4.78 is 12.5. The summed E-state index contributed by atoms with van der Waals surface area (Å²) in [6.45, 7) is 2.59. The number of rotatable bonds is 1. The Hall–Kier alpha value is -1.38. The van der Waals surface area contributed by atoms with Gasteiger partial charge in [-0.1, -0.05) is 17.3 Å². The van der Waals surface area contributed by atoms with Gasteiger partial charge in [-0.15, -0.1) is 0 Å². The fraction of sp³-hybridized carbons (Fsp3) is 0.111. The van der Waals surface area contributed by atoms with Crippen molar-refractivity contribution in [3.05, 3.63) is 42.3 Å². The first-order valence-corrected chi connectivity index (χ1v) is 3.58. The molecule has 12 heavy (non-hydrogen) atoms. The summed E-state index contributed by atoms with van der Waals surface area (Å²) in [4.78, 5) is 4.59. The van der Waals surface area contributed by atoms with Crippen LogP contribution in [-0.4, -0.2) is 5.71 Å². The second-order valence-corrected chi connectivity index (χ2v) is 2.46. The quantitative estimate of drug-likeness (QED) is 0.620. The van der Waals surface area contributed by atoms with Crippen LogP contribution in [0.25, 0.3) is 0 Å². The lowest BCUT2D eigenvalue weighted by Crippen LogP contribution is -1.95. The second kappa shape index (κ2) is 2.93. The lowest BCUT2D eigenvalue weighted by Gasteiger charge is -1.95. The van der Waals surface area contributed by atoms with Gasteiger partial charge < -0.3 is 4.84 Å². The van der Waals surface area contributed by atoms with Crippen LogP contribution in [-0.2, 0) is 4.84 Å². The van der Waals surface area contributed by atoms with E-state index in [0.717, 1.165) is 11.3 Å². The van der Waals surface area contributed by atoms with Gasteiger partial charge in [0.2, 0.25) is 6.61 Å². The van der Waals surface area contributed by atoms with Gasteiger partial charge >= 0.3 is 0 Å². The first-order valence-electron chi connectivity index (χ1n) is 3.58. The molecule has 1 aromatic carbocycles. The van der Waals surface area contributed by atoms with E-state index < -0.39 is 0 Å². The average Bonchev–Trinajstić information content (AvgIpc) is 2.58. The van der Waals surface area contributed by atoms with Gasteiger partial charge in [-0.25, -0.2) is 4.39 Å². The molecule has 0 spiro atoms. The molecular formula is C9H6FNO. The third kappa shape index (κ3) is 1.30. The number of hydrogen-bond donors (Lipinski definition) is 0. The second-order valence-electron chi connectivity index (χ2n) is 2.46. The van der Waals surface area contributed by atoms with Gasteiger partial charge in [0.25, 0.3) is 0 Å². The monoisotopic (exact) mass is 163 g/mol. The summed E-state index contributed by atoms with van der Waals surface area (Å²) in [5.74, 6) is -0.244. The molecule has 0 amide bonds. The normalized spacial score (nSPS) is 15.6. The Morgan fingerprint density at radius 3 is 2.67 bits per heavy atom. The molecule has 0 saturated carbocycles. The summed E-state index contributed by atoms with van der Waals surface area (Å²) >= 11 is 0. The summed E-state index contributed by atoms with van der Waals surface area (Å²) in [5, 5.41) is 3.72. The first-order chi connectivity index (χ1) is 5.86. The zero-order valence-electron chi connectivity index (χ0n) is 6.25. The van der Waals surface area contributed by atoms with Crippen LogP contribution in [0.5, 0.6) is 0 Å². The largest absolute Gasteiger partial charge is 0.379 e. The van der Waals surface area contributed by atoms with Crippen molar-refractivity contribution in [2.45, 2.75) is 6.42 Å². The molecule has 1 aliphatic heterocycles. The van der Waals surface area contributed by atoms with Crippen molar-refractivity contribution >= 4 is 5.71 Å². The zero-order valence-corrected chi connectivity index (χ0v) is 6.25. The fourth-order valence-electron chi connectivity index (χ4n) is 1.02. The Bertz CT molecular complexity index is 305. The molecule has 2 rings (SSSR count). The summed E-state index contributed by atoms with van der Waals surface area (Å²) in [7, 11) is 0. The van der Waals surface area contributed by atoms with Crippen LogP contribution in [0.3, 0.4) is 0 Å². The van der Waals surface area contributed by atoms with E-state index in [2.05, 4.69) is 16.6 Å². The molecule has 2 radical (unpaired) electrons. The Balaban J connectivity index is 2.28. The van der Waals surface area contributed by atoms with Crippen LogP contribution in [0.4, 0.5) is 4.39 Å². The molecule has 1 aromatic rings. The maximum atomic E-state index is 12.5. The van der Waals surface area contributed by atoms with E-state index in [0.29, 0.717) is 6.42 Å². The molecule has 0 aromatic heterocycles. The Kier molecular flexibility index (Phi) is 1.78. The van der Waals surface area contributed by atoms with E-state index in [9.17, 15) is 4.39 Å². The maximum absolute atomic E-state index is 12.5. The van der Waals surface area contributed by atoms with E-state index in [1.165, 1.54) is 12.1 Å². The van der Waals surface area contributed by atoms with E-state index in [-0.39, 0.29) is 5.82 Å². The van der Waals surface area contributed by atoms with Crippen LogP contribution in [0, 0.1) is 12.4 Å². The molecule has 1 heterocycles. The highest BCUT2D eigenvalue weighted by Gasteiger charge is 2.11. The van der Waals surface area contributed by atoms with Gasteiger partial charge in [-0.05, 0) is 17.7 Å². The molecular weight excluding hydrogens is 157 g/mol. The van der Waals surface area contributed by atoms with Crippen molar-refractivity contribution in [3.63, 3.8) is 0 Å².